The topological polar surface area (TPSA) is 46.2 Å². The maximum atomic E-state index is 11.8. The van der Waals surface area contributed by atoms with Crippen LogP contribution in [0.2, 0.25) is 5.02 Å². The molecule has 0 radical (unpaired) electrons. The number of benzene rings is 1. The molecule has 17 heavy (non-hydrogen) atoms. The van der Waals surface area contributed by atoms with E-state index in [4.69, 9.17) is 11.6 Å². The van der Waals surface area contributed by atoms with Gasteiger partial charge in [0.2, 0.25) is 0 Å². The first-order valence-electron chi connectivity index (χ1n) is 5.04. The third kappa shape index (κ3) is 4.77. The Balaban J connectivity index is 2.53. The number of hydrogen-bond donors (Lipinski definition) is 1. The second kappa shape index (κ2) is 7.13. The fourth-order valence-electron chi connectivity index (χ4n) is 1.25. The fourth-order valence-corrected chi connectivity index (χ4v) is 2.38. The highest BCUT2D eigenvalue weighted by Crippen LogP contribution is 2.25. The summed E-state index contributed by atoms with van der Waals surface area (Å²) < 4.78 is 11.5. The minimum absolute atomic E-state index is 0.210. The fraction of sp³-hybridized carbons (Fsp3) is 0.364. The number of carbonyl (C=O) groups is 1. The molecule has 0 aliphatic rings. The number of hydrogen-bond acceptors (Lipinski definition) is 2. The van der Waals surface area contributed by atoms with Gasteiger partial charge in [-0.3, -0.25) is 9.00 Å². The molecule has 0 saturated carbocycles. The van der Waals surface area contributed by atoms with Gasteiger partial charge in [-0.25, -0.2) is 0 Å². The van der Waals surface area contributed by atoms with E-state index in [9.17, 15) is 9.00 Å². The molecule has 94 valence electrons. The maximum Gasteiger partial charge on any atom is 0.252 e. The van der Waals surface area contributed by atoms with E-state index in [2.05, 4.69) is 21.2 Å². The van der Waals surface area contributed by atoms with E-state index >= 15 is 0 Å². The van der Waals surface area contributed by atoms with Gasteiger partial charge in [0.15, 0.2) is 0 Å². The molecule has 1 N–H and O–H groups in total. The minimum atomic E-state index is -0.818. The third-order valence-corrected chi connectivity index (χ3v) is 4.25. The number of nitrogens with one attached hydrogen (secondary N) is 1. The lowest BCUT2D eigenvalue weighted by molar-refractivity contribution is 0.0954. The van der Waals surface area contributed by atoms with Crippen molar-refractivity contribution in [3.05, 3.63) is 33.3 Å². The standard InChI is InChI=1S/C11H13BrClNO2S/c1-17(16)7-3-6-14-11(15)8-4-2-5-9(12)10(8)13/h2,4-5H,3,6-7H2,1H3,(H,14,15)/t17-/m0/s1. The van der Waals surface area contributed by atoms with E-state index in [1.807, 2.05) is 0 Å². The molecule has 1 amide bonds. The van der Waals surface area contributed by atoms with Crippen LogP contribution in [0.5, 0.6) is 0 Å². The van der Waals surface area contributed by atoms with Crippen molar-refractivity contribution in [2.45, 2.75) is 6.42 Å². The van der Waals surface area contributed by atoms with Crippen LogP contribution in [0.1, 0.15) is 16.8 Å². The van der Waals surface area contributed by atoms with Gasteiger partial charge in [0.05, 0.1) is 10.6 Å². The Hall–Kier alpha value is -0.390. The summed E-state index contributed by atoms with van der Waals surface area (Å²) in [5.41, 5.74) is 0.443. The van der Waals surface area contributed by atoms with Crippen molar-refractivity contribution in [3.63, 3.8) is 0 Å². The number of carbonyl (C=O) groups excluding carboxylic acids is 1. The van der Waals surface area contributed by atoms with Crippen LogP contribution in [0.15, 0.2) is 22.7 Å². The van der Waals surface area contributed by atoms with Gasteiger partial charge >= 0.3 is 0 Å². The molecule has 0 heterocycles. The molecule has 6 heteroatoms. The largest absolute Gasteiger partial charge is 0.352 e. The first-order valence-corrected chi connectivity index (χ1v) is 7.94. The minimum Gasteiger partial charge on any atom is -0.352 e. The monoisotopic (exact) mass is 337 g/mol. The van der Waals surface area contributed by atoms with Gasteiger partial charge < -0.3 is 5.32 Å². The second-order valence-corrected chi connectivity index (χ2v) is 6.28. The smallest absolute Gasteiger partial charge is 0.252 e. The summed E-state index contributed by atoms with van der Waals surface area (Å²) >= 11 is 9.26. The maximum absolute atomic E-state index is 11.8. The molecule has 3 nitrogen and oxygen atoms in total. The van der Waals surface area contributed by atoms with Crippen LogP contribution in [0, 0.1) is 0 Å². The Bertz CT molecular complexity index is 439. The molecular formula is C11H13BrClNO2S. The van der Waals surface area contributed by atoms with Crippen molar-refractivity contribution >= 4 is 44.2 Å². The average Bonchev–Trinajstić information content (AvgIpc) is 2.27. The molecule has 0 saturated heterocycles. The highest BCUT2D eigenvalue weighted by Gasteiger charge is 2.11. The lowest BCUT2D eigenvalue weighted by Gasteiger charge is -2.07. The quantitative estimate of drug-likeness (QED) is 0.839. The van der Waals surface area contributed by atoms with E-state index < -0.39 is 10.8 Å². The SMILES string of the molecule is C[S@](=O)CCCNC(=O)c1cccc(Br)c1Cl. The molecule has 0 aliphatic carbocycles. The van der Waals surface area contributed by atoms with E-state index in [1.54, 1.807) is 24.5 Å². The summed E-state index contributed by atoms with van der Waals surface area (Å²) in [7, 11) is -0.818. The summed E-state index contributed by atoms with van der Waals surface area (Å²) in [6.45, 7) is 0.501. The summed E-state index contributed by atoms with van der Waals surface area (Å²) in [4.78, 5) is 11.8. The van der Waals surface area contributed by atoms with Crippen molar-refractivity contribution in [3.8, 4) is 0 Å². The van der Waals surface area contributed by atoms with E-state index in [0.29, 0.717) is 33.8 Å². The van der Waals surface area contributed by atoms with Gasteiger partial charge in [0, 0.05) is 33.8 Å². The zero-order valence-electron chi connectivity index (χ0n) is 9.33. The van der Waals surface area contributed by atoms with Crippen LogP contribution < -0.4 is 5.32 Å². The Morgan fingerprint density at radius 2 is 2.24 bits per heavy atom. The van der Waals surface area contributed by atoms with Gasteiger partial charge in [0.1, 0.15) is 0 Å². The molecule has 0 spiro atoms. The zero-order chi connectivity index (χ0) is 12.8. The molecule has 0 bridgehead atoms. The molecule has 0 fully saturated rings. The van der Waals surface area contributed by atoms with Crippen molar-refractivity contribution < 1.29 is 9.00 Å². The second-order valence-electron chi connectivity index (χ2n) is 3.49. The molecule has 0 unspecified atom stereocenters. The van der Waals surface area contributed by atoms with Crippen LogP contribution in [-0.2, 0) is 10.8 Å². The van der Waals surface area contributed by atoms with Gasteiger partial charge in [-0.2, -0.15) is 0 Å². The molecule has 0 aromatic heterocycles. The lowest BCUT2D eigenvalue weighted by atomic mass is 10.2. The van der Waals surface area contributed by atoms with Crippen molar-refractivity contribution in [1.29, 1.82) is 0 Å². The van der Waals surface area contributed by atoms with Crippen LogP contribution in [0.4, 0.5) is 0 Å². The Labute approximate surface area is 117 Å². The van der Waals surface area contributed by atoms with E-state index in [0.717, 1.165) is 0 Å². The summed E-state index contributed by atoms with van der Waals surface area (Å²) in [5, 5.41) is 3.15. The van der Waals surface area contributed by atoms with Gasteiger partial charge in [-0.1, -0.05) is 17.7 Å². The normalized spacial score (nSPS) is 12.2. The molecule has 1 aromatic rings. The van der Waals surface area contributed by atoms with E-state index in [1.165, 1.54) is 0 Å². The summed E-state index contributed by atoms with van der Waals surface area (Å²) in [6, 6.07) is 5.20. The number of rotatable bonds is 5. The van der Waals surface area contributed by atoms with Crippen molar-refractivity contribution in [1.82, 2.24) is 5.32 Å². The third-order valence-electron chi connectivity index (χ3n) is 2.09. The predicted octanol–water partition coefficient (Wildman–Crippen LogP) is 2.60. The van der Waals surface area contributed by atoms with Crippen LogP contribution in [0.25, 0.3) is 0 Å². The van der Waals surface area contributed by atoms with Crippen molar-refractivity contribution in [2.75, 3.05) is 18.6 Å². The predicted molar refractivity (Wildman–Crippen MR) is 75.0 cm³/mol. The molecule has 0 aliphatic heterocycles. The molecule has 1 aromatic carbocycles. The van der Waals surface area contributed by atoms with Crippen LogP contribution in [-0.4, -0.2) is 28.7 Å². The number of halogens is 2. The van der Waals surface area contributed by atoms with Crippen LogP contribution in [0.3, 0.4) is 0 Å². The summed E-state index contributed by atoms with van der Waals surface area (Å²) in [5.74, 6) is 0.380. The highest BCUT2D eigenvalue weighted by molar-refractivity contribution is 9.10. The Morgan fingerprint density at radius 1 is 1.53 bits per heavy atom. The van der Waals surface area contributed by atoms with Gasteiger partial charge in [0.25, 0.3) is 5.91 Å². The number of amides is 1. The van der Waals surface area contributed by atoms with Gasteiger partial charge in [-0.15, -0.1) is 0 Å². The summed E-state index contributed by atoms with van der Waals surface area (Å²) in [6.07, 6.45) is 2.34. The lowest BCUT2D eigenvalue weighted by Crippen LogP contribution is -2.25. The van der Waals surface area contributed by atoms with Gasteiger partial charge in [-0.05, 0) is 34.5 Å². The van der Waals surface area contributed by atoms with E-state index in [-0.39, 0.29) is 5.91 Å². The first kappa shape index (κ1) is 14.7. The molecular weight excluding hydrogens is 326 g/mol. The highest BCUT2D eigenvalue weighted by atomic mass is 79.9. The first-order chi connectivity index (χ1) is 8.02. The average molecular weight is 339 g/mol. The molecule has 1 atom stereocenters. The zero-order valence-corrected chi connectivity index (χ0v) is 12.5. The Morgan fingerprint density at radius 3 is 2.88 bits per heavy atom. The Kier molecular flexibility index (Phi) is 6.16. The molecule has 1 rings (SSSR count). The van der Waals surface area contributed by atoms with Crippen LogP contribution >= 0.6 is 27.5 Å². The van der Waals surface area contributed by atoms with Crippen molar-refractivity contribution in [2.24, 2.45) is 0 Å².